The van der Waals surface area contributed by atoms with Crippen LogP contribution in [0.3, 0.4) is 0 Å². The lowest BCUT2D eigenvalue weighted by atomic mass is 9.84. The predicted octanol–water partition coefficient (Wildman–Crippen LogP) is 1.66. The third-order valence-corrected chi connectivity index (χ3v) is 4.64. The molecule has 2 fully saturated rings. The first-order chi connectivity index (χ1) is 8.29. The Bertz CT molecular complexity index is 351. The van der Waals surface area contributed by atoms with Gasteiger partial charge in [0.05, 0.1) is 12.3 Å². The molecule has 0 aromatic carbocycles. The number of nitrogens with two attached hydrogens (primary N) is 1. The van der Waals surface area contributed by atoms with E-state index in [0.717, 1.165) is 17.8 Å². The molecule has 4 nitrogen and oxygen atoms in total. The lowest BCUT2D eigenvalue weighted by molar-refractivity contribution is 0.107. The minimum absolute atomic E-state index is 0.168. The summed E-state index contributed by atoms with van der Waals surface area (Å²) in [5, 5.41) is 0. The fourth-order valence-corrected chi connectivity index (χ4v) is 3.64. The molecule has 0 amide bonds. The molecule has 0 radical (unpaired) electrons. The Kier molecular flexibility index (Phi) is 2.94. The molecule has 2 aliphatic heterocycles. The van der Waals surface area contributed by atoms with E-state index in [4.69, 9.17) is 10.3 Å². The average molecular weight is 235 g/mol. The van der Waals surface area contributed by atoms with Crippen LogP contribution in [-0.2, 0) is 0 Å². The van der Waals surface area contributed by atoms with E-state index < -0.39 is 0 Å². The van der Waals surface area contributed by atoms with Crippen molar-refractivity contribution < 1.29 is 4.42 Å². The van der Waals surface area contributed by atoms with Crippen LogP contribution in [0.25, 0.3) is 0 Å². The van der Waals surface area contributed by atoms with E-state index in [1.807, 2.05) is 12.1 Å². The van der Waals surface area contributed by atoms with E-state index in [9.17, 15) is 0 Å². The zero-order chi connectivity index (χ0) is 11.8. The number of nitrogens with one attached hydrogen (secondary N) is 1. The van der Waals surface area contributed by atoms with E-state index >= 15 is 0 Å². The molecular formula is C13H21N3O. The fraction of sp³-hybridized carbons (Fsp3) is 0.692. The second-order valence-corrected chi connectivity index (χ2v) is 5.44. The summed E-state index contributed by atoms with van der Waals surface area (Å²) >= 11 is 0. The minimum Gasteiger partial charge on any atom is -0.468 e. The predicted molar refractivity (Wildman–Crippen MR) is 66.1 cm³/mol. The standard InChI is InChI=1S/C13H21N3O/c1-16-10-4-5-11(16)8-9(7-10)13(15-14)12-3-2-6-17-12/h2-3,6,9-11,13,15H,4-5,7-8,14H2,1H3. The van der Waals surface area contributed by atoms with Crippen LogP contribution < -0.4 is 11.3 Å². The Morgan fingerprint density at radius 3 is 2.65 bits per heavy atom. The Morgan fingerprint density at radius 2 is 2.12 bits per heavy atom. The number of rotatable bonds is 3. The summed E-state index contributed by atoms with van der Waals surface area (Å²) in [5.41, 5.74) is 2.95. The normalized spacial score (nSPS) is 35.1. The summed E-state index contributed by atoms with van der Waals surface area (Å²) < 4.78 is 5.50. The van der Waals surface area contributed by atoms with Crippen molar-refractivity contribution in [3.8, 4) is 0 Å². The number of fused-ring (bicyclic) bond motifs is 2. The van der Waals surface area contributed by atoms with Crippen molar-refractivity contribution in [1.29, 1.82) is 0 Å². The molecular weight excluding hydrogens is 214 g/mol. The van der Waals surface area contributed by atoms with Gasteiger partial charge in [-0.3, -0.25) is 5.84 Å². The van der Waals surface area contributed by atoms with Gasteiger partial charge in [-0.05, 0) is 50.8 Å². The van der Waals surface area contributed by atoms with Gasteiger partial charge in [0.25, 0.3) is 0 Å². The average Bonchev–Trinajstić information content (AvgIpc) is 2.88. The van der Waals surface area contributed by atoms with Gasteiger partial charge in [-0.1, -0.05) is 0 Å². The van der Waals surface area contributed by atoms with E-state index in [1.165, 1.54) is 25.7 Å². The third-order valence-electron chi connectivity index (χ3n) is 4.64. The molecule has 3 N–H and O–H groups in total. The molecule has 2 bridgehead atoms. The first-order valence-electron chi connectivity index (χ1n) is 6.51. The van der Waals surface area contributed by atoms with Gasteiger partial charge in [-0.15, -0.1) is 0 Å². The zero-order valence-electron chi connectivity index (χ0n) is 10.3. The maximum absolute atomic E-state index is 5.72. The van der Waals surface area contributed by atoms with Crippen molar-refractivity contribution in [2.75, 3.05) is 7.05 Å². The highest BCUT2D eigenvalue weighted by atomic mass is 16.3. The number of hydrogen-bond acceptors (Lipinski definition) is 4. The van der Waals surface area contributed by atoms with Gasteiger partial charge < -0.3 is 9.32 Å². The molecule has 1 aromatic heterocycles. The summed E-state index contributed by atoms with van der Waals surface area (Å²) in [4.78, 5) is 2.55. The number of hydrogen-bond donors (Lipinski definition) is 2. The van der Waals surface area contributed by atoms with Crippen LogP contribution in [0.1, 0.15) is 37.5 Å². The van der Waals surface area contributed by atoms with E-state index in [1.54, 1.807) is 6.26 Å². The van der Waals surface area contributed by atoms with Crippen LogP contribution in [0, 0.1) is 5.92 Å². The lowest BCUT2D eigenvalue weighted by Crippen LogP contribution is -2.44. The van der Waals surface area contributed by atoms with Crippen LogP contribution in [0.2, 0.25) is 0 Å². The molecule has 3 rings (SSSR count). The smallest absolute Gasteiger partial charge is 0.122 e. The van der Waals surface area contributed by atoms with Gasteiger partial charge >= 0.3 is 0 Å². The molecule has 3 unspecified atom stereocenters. The molecule has 0 aliphatic carbocycles. The molecule has 3 heterocycles. The first kappa shape index (κ1) is 11.3. The second kappa shape index (κ2) is 4.44. The van der Waals surface area contributed by atoms with Crippen molar-refractivity contribution in [3.05, 3.63) is 24.2 Å². The van der Waals surface area contributed by atoms with Gasteiger partial charge in [-0.2, -0.15) is 0 Å². The maximum Gasteiger partial charge on any atom is 0.122 e. The molecule has 4 heteroatoms. The second-order valence-electron chi connectivity index (χ2n) is 5.44. The summed E-state index contributed by atoms with van der Waals surface area (Å²) in [6.45, 7) is 0. The van der Waals surface area contributed by atoms with Gasteiger partial charge in [0, 0.05) is 12.1 Å². The molecule has 0 saturated carbocycles. The van der Waals surface area contributed by atoms with Gasteiger partial charge in [-0.25, -0.2) is 5.43 Å². The van der Waals surface area contributed by atoms with E-state index in [0.29, 0.717) is 5.92 Å². The zero-order valence-corrected chi connectivity index (χ0v) is 10.3. The highest BCUT2D eigenvalue weighted by Crippen LogP contribution is 2.42. The van der Waals surface area contributed by atoms with E-state index in [2.05, 4.69) is 17.4 Å². The molecule has 94 valence electrons. The Balaban J connectivity index is 1.76. The van der Waals surface area contributed by atoms with Crippen molar-refractivity contribution in [2.45, 2.75) is 43.8 Å². The summed E-state index contributed by atoms with van der Waals surface area (Å²) in [7, 11) is 2.26. The van der Waals surface area contributed by atoms with Crippen molar-refractivity contribution in [3.63, 3.8) is 0 Å². The molecule has 1 aromatic rings. The van der Waals surface area contributed by atoms with E-state index in [-0.39, 0.29) is 6.04 Å². The molecule has 0 spiro atoms. The highest BCUT2D eigenvalue weighted by molar-refractivity contribution is 5.08. The van der Waals surface area contributed by atoms with Crippen molar-refractivity contribution >= 4 is 0 Å². The minimum atomic E-state index is 0.168. The molecule has 3 atom stereocenters. The number of furan rings is 1. The SMILES string of the molecule is CN1C2CCC1CC(C(NN)c1ccco1)C2. The molecule has 2 aliphatic rings. The quantitative estimate of drug-likeness (QED) is 0.618. The fourth-order valence-electron chi connectivity index (χ4n) is 3.64. The lowest BCUT2D eigenvalue weighted by Gasteiger charge is -2.39. The van der Waals surface area contributed by atoms with Gasteiger partial charge in [0.1, 0.15) is 5.76 Å². The third kappa shape index (κ3) is 1.90. The largest absolute Gasteiger partial charge is 0.468 e. The van der Waals surface area contributed by atoms with Crippen LogP contribution in [-0.4, -0.2) is 24.0 Å². The van der Waals surface area contributed by atoms with Crippen LogP contribution in [0.15, 0.2) is 22.8 Å². The monoisotopic (exact) mass is 235 g/mol. The molecule has 2 saturated heterocycles. The van der Waals surface area contributed by atoms with Gasteiger partial charge in [0.15, 0.2) is 0 Å². The Hall–Kier alpha value is -0.840. The van der Waals surface area contributed by atoms with Crippen LogP contribution in [0.5, 0.6) is 0 Å². The Morgan fingerprint density at radius 1 is 1.41 bits per heavy atom. The summed E-state index contributed by atoms with van der Waals surface area (Å²) in [5.74, 6) is 7.29. The summed E-state index contributed by atoms with van der Waals surface area (Å²) in [6, 6.07) is 5.60. The highest BCUT2D eigenvalue weighted by Gasteiger charge is 2.41. The number of nitrogens with zero attached hydrogens (tertiary/aromatic N) is 1. The van der Waals surface area contributed by atoms with Crippen LogP contribution >= 0.6 is 0 Å². The first-order valence-corrected chi connectivity index (χ1v) is 6.51. The summed E-state index contributed by atoms with van der Waals surface area (Å²) in [6.07, 6.45) is 6.86. The number of piperidine rings is 1. The Labute approximate surface area is 102 Å². The molecule has 17 heavy (non-hydrogen) atoms. The number of hydrazine groups is 1. The maximum atomic E-state index is 5.72. The van der Waals surface area contributed by atoms with Gasteiger partial charge in [0.2, 0.25) is 0 Å². The van der Waals surface area contributed by atoms with Crippen molar-refractivity contribution in [2.24, 2.45) is 11.8 Å². The topological polar surface area (TPSA) is 54.4 Å². The van der Waals surface area contributed by atoms with Crippen molar-refractivity contribution in [1.82, 2.24) is 10.3 Å². The van der Waals surface area contributed by atoms with Crippen LogP contribution in [0.4, 0.5) is 0 Å².